The molecule has 0 fully saturated rings. The first-order chi connectivity index (χ1) is 9.08. The molecule has 19 heavy (non-hydrogen) atoms. The van der Waals surface area contributed by atoms with Gasteiger partial charge in [0, 0.05) is 6.54 Å². The quantitative estimate of drug-likeness (QED) is 0.859. The first kappa shape index (κ1) is 15.3. The van der Waals surface area contributed by atoms with Crippen molar-refractivity contribution in [1.82, 2.24) is 5.32 Å². The van der Waals surface area contributed by atoms with Crippen molar-refractivity contribution in [3.05, 3.63) is 29.3 Å². The van der Waals surface area contributed by atoms with Crippen LogP contribution in [-0.4, -0.2) is 26.4 Å². The highest BCUT2D eigenvalue weighted by molar-refractivity contribution is 5.67. The lowest BCUT2D eigenvalue weighted by molar-refractivity contribution is 0.152. The van der Waals surface area contributed by atoms with Crippen LogP contribution in [0.4, 0.5) is 4.79 Å². The molecule has 0 aliphatic heterocycles. The summed E-state index contributed by atoms with van der Waals surface area (Å²) in [6.45, 7) is 7.02. The van der Waals surface area contributed by atoms with Crippen molar-refractivity contribution in [2.45, 2.75) is 33.1 Å². The van der Waals surface area contributed by atoms with Crippen LogP contribution in [0.15, 0.2) is 18.2 Å². The highest BCUT2D eigenvalue weighted by Gasteiger charge is 2.07. The average Bonchev–Trinajstić information content (AvgIpc) is 2.38. The molecule has 4 heteroatoms. The molecule has 1 rings (SSSR count). The van der Waals surface area contributed by atoms with Gasteiger partial charge in [-0.1, -0.05) is 26.0 Å². The van der Waals surface area contributed by atoms with Gasteiger partial charge in [-0.3, -0.25) is 0 Å². The van der Waals surface area contributed by atoms with Crippen molar-refractivity contribution < 1.29 is 14.3 Å². The maximum Gasteiger partial charge on any atom is 0.407 e. The van der Waals surface area contributed by atoms with Crippen LogP contribution >= 0.6 is 0 Å². The number of amides is 1. The van der Waals surface area contributed by atoms with Gasteiger partial charge in [0.2, 0.25) is 0 Å². The summed E-state index contributed by atoms with van der Waals surface area (Å²) in [6, 6.07) is 6.19. The maximum absolute atomic E-state index is 11.2. The molecule has 0 heterocycles. The zero-order valence-electron chi connectivity index (χ0n) is 12.2. The Morgan fingerprint density at radius 2 is 2.11 bits per heavy atom. The minimum atomic E-state index is -0.374. The topological polar surface area (TPSA) is 47.6 Å². The molecule has 0 saturated carbocycles. The highest BCUT2D eigenvalue weighted by atomic mass is 16.5. The first-order valence-corrected chi connectivity index (χ1v) is 6.65. The molecule has 1 amide bonds. The molecule has 4 nitrogen and oxygen atoms in total. The average molecular weight is 265 g/mol. The minimum Gasteiger partial charge on any atom is -0.496 e. The number of ether oxygens (including phenoxy) is 2. The predicted octanol–water partition coefficient (Wildman–Crippen LogP) is 3.11. The summed E-state index contributed by atoms with van der Waals surface area (Å²) < 4.78 is 10.2. The Balaban J connectivity index is 2.65. The normalized spacial score (nSPS) is 10.4. The third kappa shape index (κ3) is 4.81. The third-order valence-corrected chi connectivity index (χ3v) is 2.91. The maximum atomic E-state index is 11.2. The van der Waals surface area contributed by atoms with Crippen LogP contribution in [0, 0.1) is 0 Å². The van der Waals surface area contributed by atoms with Gasteiger partial charge in [0.25, 0.3) is 0 Å². The van der Waals surface area contributed by atoms with Crippen LogP contribution < -0.4 is 10.1 Å². The molecular weight excluding hydrogens is 242 g/mol. The lowest BCUT2D eigenvalue weighted by Crippen LogP contribution is -2.26. The van der Waals surface area contributed by atoms with Crippen molar-refractivity contribution in [3.63, 3.8) is 0 Å². The van der Waals surface area contributed by atoms with Gasteiger partial charge in [0.05, 0.1) is 13.7 Å². The number of hydrogen-bond donors (Lipinski definition) is 1. The van der Waals surface area contributed by atoms with Crippen molar-refractivity contribution in [3.8, 4) is 5.75 Å². The van der Waals surface area contributed by atoms with Crippen LogP contribution in [0.2, 0.25) is 0 Å². The molecule has 1 N–H and O–H groups in total. The smallest absolute Gasteiger partial charge is 0.407 e. The van der Waals surface area contributed by atoms with Gasteiger partial charge in [-0.05, 0) is 36.5 Å². The summed E-state index contributed by atoms with van der Waals surface area (Å²) in [5, 5.41) is 2.72. The van der Waals surface area contributed by atoms with Gasteiger partial charge in [-0.15, -0.1) is 0 Å². The molecule has 106 valence electrons. The van der Waals surface area contributed by atoms with Gasteiger partial charge in [0.1, 0.15) is 5.75 Å². The van der Waals surface area contributed by atoms with Crippen LogP contribution in [-0.2, 0) is 11.2 Å². The van der Waals surface area contributed by atoms with E-state index in [4.69, 9.17) is 9.47 Å². The SMILES string of the molecule is CCOC(=O)NCCc1cc(C(C)C)ccc1OC. The Morgan fingerprint density at radius 1 is 1.37 bits per heavy atom. The lowest BCUT2D eigenvalue weighted by Gasteiger charge is -2.13. The fourth-order valence-electron chi connectivity index (χ4n) is 1.83. The molecule has 0 saturated heterocycles. The number of hydrogen-bond acceptors (Lipinski definition) is 3. The second-order valence-electron chi connectivity index (χ2n) is 4.62. The predicted molar refractivity (Wildman–Crippen MR) is 75.8 cm³/mol. The van der Waals surface area contributed by atoms with E-state index in [1.807, 2.05) is 6.07 Å². The van der Waals surface area contributed by atoms with E-state index < -0.39 is 0 Å². The van der Waals surface area contributed by atoms with E-state index in [9.17, 15) is 4.79 Å². The summed E-state index contributed by atoms with van der Waals surface area (Å²) in [5.74, 6) is 1.33. The molecule has 0 radical (unpaired) electrons. The Labute approximate surface area is 115 Å². The number of carbonyl (C=O) groups is 1. The molecule has 0 atom stereocenters. The molecule has 0 spiro atoms. The molecule has 0 aliphatic carbocycles. The summed E-state index contributed by atoms with van der Waals surface area (Å²) in [7, 11) is 1.66. The summed E-state index contributed by atoms with van der Waals surface area (Å²) >= 11 is 0. The van der Waals surface area contributed by atoms with Crippen LogP contribution in [0.25, 0.3) is 0 Å². The van der Waals surface area contributed by atoms with E-state index in [-0.39, 0.29) is 6.09 Å². The minimum absolute atomic E-state index is 0.374. The Morgan fingerprint density at radius 3 is 2.68 bits per heavy atom. The van der Waals surface area contributed by atoms with Gasteiger partial charge < -0.3 is 14.8 Å². The van der Waals surface area contributed by atoms with Gasteiger partial charge in [-0.25, -0.2) is 4.79 Å². The van der Waals surface area contributed by atoms with E-state index in [0.717, 1.165) is 17.7 Å². The molecular formula is C15H23NO3. The first-order valence-electron chi connectivity index (χ1n) is 6.65. The van der Waals surface area contributed by atoms with E-state index in [1.165, 1.54) is 5.56 Å². The fourth-order valence-corrected chi connectivity index (χ4v) is 1.83. The summed E-state index contributed by atoms with van der Waals surface area (Å²) in [4.78, 5) is 11.2. The van der Waals surface area contributed by atoms with Crippen molar-refractivity contribution >= 4 is 6.09 Å². The van der Waals surface area contributed by atoms with Crippen molar-refractivity contribution in [2.24, 2.45) is 0 Å². The highest BCUT2D eigenvalue weighted by Crippen LogP contribution is 2.24. The second-order valence-corrected chi connectivity index (χ2v) is 4.62. The molecule has 0 unspecified atom stereocenters. The lowest BCUT2D eigenvalue weighted by atomic mass is 9.99. The van der Waals surface area contributed by atoms with E-state index >= 15 is 0 Å². The molecule has 0 bridgehead atoms. The molecule has 1 aromatic rings. The van der Waals surface area contributed by atoms with Crippen LogP contribution in [0.3, 0.4) is 0 Å². The van der Waals surface area contributed by atoms with Crippen molar-refractivity contribution in [2.75, 3.05) is 20.3 Å². The number of methoxy groups -OCH3 is 1. The van der Waals surface area contributed by atoms with Gasteiger partial charge in [0.15, 0.2) is 0 Å². The largest absolute Gasteiger partial charge is 0.496 e. The summed E-state index contributed by atoms with van der Waals surface area (Å²) in [5.41, 5.74) is 2.37. The van der Waals surface area contributed by atoms with Crippen LogP contribution in [0.5, 0.6) is 5.75 Å². The second kappa shape index (κ2) is 7.67. The van der Waals surface area contributed by atoms with Gasteiger partial charge >= 0.3 is 6.09 Å². The monoisotopic (exact) mass is 265 g/mol. The molecule has 0 aliphatic rings. The number of rotatable bonds is 6. The fraction of sp³-hybridized carbons (Fsp3) is 0.533. The number of alkyl carbamates (subject to hydrolysis) is 1. The number of nitrogens with one attached hydrogen (secondary N) is 1. The zero-order valence-corrected chi connectivity index (χ0v) is 12.2. The number of benzene rings is 1. The zero-order chi connectivity index (χ0) is 14.3. The Hall–Kier alpha value is -1.71. The molecule has 1 aromatic carbocycles. The van der Waals surface area contributed by atoms with E-state index in [2.05, 4.69) is 31.3 Å². The Bertz CT molecular complexity index is 416. The number of carbonyl (C=O) groups excluding carboxylic acids is 1. The van der Waals surface area contributed by atoms with E-state index in [0.29, 0.717) is 19.1 Å². The van der Waals surface area contributed by atoms with Crippen molar-refractivity contribution in [1.29, 1.82) is 0 Å². The van der Waals surface area contributed by atoms with Crippen LogP contribution in [0.1, 0.15) is 37.8 Å². The molecule has 0 aromatic heterocycles. The standard InChI is InChI=1S/C15H23NO3/c1-5-19-15(17)16-9-8-13-10-12(11(2)3)6-7-14(13)18-4/h6-7,10-11H,5,8-9H2,1-4H3,(H,16,17). The van der Waals surface area contributed by atoms with E-state index in [1.54, 1.807) is 14.0 Å². The third-order valence-electron chi connectivity index (χ3n) is 2.91. The summed E-state index contributed by atoms with van der Waals surface area (Å²) in [6.07, 6.45) is 0.351. The van der Waals surface area contributed by atoms with Gasteiger partial charge in [-0.2, -0.15) is 0 Å². The Kier molecular flexibility index (Phi) is 6.19.